The summed E-state index contributed by atoms with van der Waals surface area (Å²) >= 11 is 0. The van der Waals surface area contributed by atoms with Gasteiger partial charge in [-0.15, -0.1) is 0 Å². The van der Waals surface area contributed by atoms with Crippen molar-refractivity contribution in [2.75, 3.05) is 19.8 Å². The molecule has 0 amide bonds. The van der Waals surface area contributed by atoms with Crippen molar-refractivity contribution in [3.8, 4) is 0 Å². The predicted octanol–water partition coefficient (Wildman–Crippen LogP) is 3.14. The average Bonchev–Trinajstić information content (AvgIpc) is 2.86. The first-order chi connectivity index (χ1) is 9.56. The number of halogens is 2. The largest absolute Gasteiger partial charge is 0.455 e. The fourth-order valence-corrected chi connectivity index (χ4v) is 2.60. The van der Waals surface area contributed by atoms with E-state index in [9.17, 15) is 8.78 Å². The van der Waals surface area contributed by atoms with Crippen molar-refractivity contribution in [1.82, 2.24) is 5.32 Å². The van der Waals surface area contributed by atoms with E-state index < -0.39 is 11.5 Å². The van der Waals surface area contributed by atoms with Crippen molar-refractivity contribution in [2.45, 2.75) is 25.1 Å². The maximum Gasteiger partial charge on any atom is 0.170 e. The molecule has 3 nitrogen and oxygen atoms in total. The van der Waals surface area contributed by atoms with Gasteiger partial charge in [-0.3, -0.25) is 0 Å². The number of morpholine rings is 1. The van der Waals surface area contributed by atoms with Gasteiger partial charge in [0.15, 0.2) is 17.1 Å². The molecule has 20 heavy (non-hydrogen) atoms. The van der Waals surface area contributed by atoms with Crippen LogP contribution in [-0.2, 0) is 10.4 Å². The van der Waals surface area contributed by atoms with Gasteiger partial charge < -0.3 is 14.5 Å². The monoisotopic (exact) mass is 281 g/mol. The Balaban J connectivity index is 1.86. The molecule has 5 heteroatoms. The number of hydrogen-bond acceptors (Lipinski definition) is 3. The third kappa shape index (κ3) is 2.55. The summed E-state index contributed by atoms with van der Waals surface area (Å²) in [5.41, 5.74) is -1.55. The van der Waals surface area contributed by atoms with E-state index in [0.29, 0.717) is 18.6 Å². The summed E-state index contributed by atoms with van der Waals surface area (Å²) in [4.78, 5) is 0. The third-order valence-corrected chi connectivity index (χ3v) is 3.64. The van der Waals surface area contributed by atoms with Crippen LogP contribution in [0.1, 0.15) is 19.1 Å². The lowest BCUT2D eigenvalue weighted by molar-refractivity contribution is 0.0413. The molecule has 1 saturated heterocycles. The quantitative estimate of drug-likeness (QED) is 0.938. The van der Waals surface area contributed by atoms with E-state index in [4.69, 9.17) is 9.15 Å². The zero-order valence-electron chi connectivity index (χ0n) is 11.3. The fraction of sp³-hybridized carbons (Fsp3) is 0.467. The number of rotatable bonds is 3. The van der Waals surface area contributed by atoms with Crippen molar-refractivity contribution in [2.24, 2.45) is 0 Å². The molecule has 2 atom stereocenters. The fourth-order valence-electron chi connectivity index (χ4n) is 2.60. The normalized spacial score (nSPS) is 22.9. The molecule has 108 valence electrons. The van der Waals surface area contributed by atoms with Crippen LogP contribution in [0.5, 0.6) is 0 Å². The maximum atomic E-state index is 14.9. The Labute approximate surface area is 115 Å². The molecule has 0 bridgehead atoms. The minimum absolute atomic E-state index is 0.0585. The summed E-state index contributed by atoms with van der Waals surface area (Å²) in [6, 6.07) is 6.12. The Morgan fingerprint density at radius 3 is 3.00 bits per heavy atom. The summed E-state index contributed by atoms with van der Waals surface area (Å²) in [5, 5.41) is 3.79. The number of hydrogen-bond donors (Lipinski definition) is 1. The topological polar surface area (TPSA) is 34.4 Å². The highest BCUT2D eigenvalue weighted by Gasteiger charge is 2.34. The summed E-state index contributed by atoms with van der Waals surface area (Å²) in [6.45, 7) is 3.30. The van der Waals surface area contributed by atoms with Crippen molar-refractivity contribution < 1.29 is 17.9 Å². The minimum Gasteiger partial charge on any atom is -0.455 e. The first kappa shape index (κ1) is 13.5. The van der Waals surface area contributed by atoms with E-state index in [0.717, 1.165) is 6.54 Å². The number of fused-ring (bicyclic) bond motifs is 1. The molecule has 2 aromatic rings. The second-order valence-electron chi connectivity index (χ2n) is 5.40. The number of para-hydroxylation sites is 1. The molecular formula is C15H17F2NO2. The lowest BCUT2D eigenvalue weighted by Crippen LogP contribution is -2.44. The summed E-state index contributed by atoms with van der Waals surface area (Å²) in [6.07, 6.45) is 0.231. The average molecular weight is 281 g/mol. The SMILES string of the molecule is CC(F)(CC1COCCN1)c1cc2cccc(F)c2o1. The standard InChI is InChI=1S/C15H17F2NO2/c1-15(17,8-11-9-19-6-5-18-11)13-7-10-3-2-4-12(16)14(10)20-13/h2-4,7,11,18H,5-6,8-9H2,1H3. The second-order valence-corrected chi connectivity index (χ2v) is 5.40. The van der Waals surface area contributed by atoms with E-state index in [1.54, 1.807) is 18.2 Å². The molecule has 1 aromatic carbocycles. The molecule has 1 N–H and O–H groups in total. The molecule has 2 heterocycles. The highest BCUT2D eigenvalue weighted by molar-refractivity contribution is 5.78. The van der Waals surface area contributed by atoms with Crippen LogP contribution in [0, 0.1) is 5.82 Å². The molecule has 1 aliphatic heterocycles. The third-order valence-electron chi connectivity index (χ3n) is 3.64. The Kier molecular flexibility index (Phi) is 3.48. The van der Waals surface area contributed by atoms with Gasteiger partial charge in [0.1, 0.15) is 5.76 Å². The lowest BCUT2D eigenvalue weighted by Gasteiger charge is -2.28. The smallest absolute Gasteiger partial charge is 0.170 e. The zero-order valence-corrected chi connectivity index (χ0v) is 11.3. The lowest BCUT2D eigenvalue weighted by atomic mass is 9.95. The van der Waals surface area contributed by atoms with E-state index in [1.165, 1.54) is 13.0 Å². The van der Waals surface area contributed by atoms with Crippen LogP contribution < -0.4 is 5.32 Å². The second kappa shape index (κ2) is 5.14. The molecule has 0 aliphatic carbocycles. The van der Waals surface area contributed by atoms with Gasteiger partial charge >= 0.3 is 0 Å². The van der Waals surface area contributed by atoms with E-state index in [2.05, 4.69) is 5.32 Å². The van der Waals surface area contributed by atoms with E-state index in [-0.39, 0.29) is 23.8 Å². The number of furan rings is 1. The molecule has 3 rings (SSSR count). The van der Waals surface area contributed by atoms with Crippen LogP contribution >= 0.6 is 0 Å². The first-order valence-electron chi connectivity index (χ1n) is 6.75. The van der Waals surface area contributed by atoms with Crippen LogP contribution in [0.3, 0.4) is 0 Å². The summed E-state index contributed by atoms with van der Waals surface area (Å²) in [5.74, 6) is -0.311. The van der Waals surface area contributed by atoms with Crippen molar-refractivity contribution in [1.29, 1.82) is 0 Å². The highest BCUT2D eigenvalue weighted by Crippen LogP contribution is 2.35. The van der Waals surface area contributed by atoms with Gasteiger partial charge in [0, 0.05) is 24.4 Å². The van der Waals surface area contributed by atoms with Crippen LogP contribution in [0.4, 0.5) is 8.78 Å². The summed E-state index contributed by atoms with van der Waals surface area (Å²) < 4.78 is 39.2. The van der Waals surface area contributed by atoms with E-state index >= 15 is 0 Å². The Bertz CT molecular complexity index is 603. The van der Waals surface area contributed by atoms with Gasteiger partial charge in [-0.05, 0) is 19.1 Å². The van der Waals surface area contributed by atoms with E-state index in [1.807, 2.05) is 0 Å². The van der Waals surface area contributed by atoms with Crippen LogP contribution in [0.2, 0.25) is 0 Å². The van der Waals surface area contributed by atoms with Crippen molar-refractivity contribution in [3.63, 3.8) is 0 Å². The summed E-state index contributed by atoms with van der Waals surface area (Å²) in [7, 11) is 0. The Morgan fingerprint density at radius 2 is 2.30 bits per heavy atom. The zero-order chi connectivity index (χ0) is 14.2. The van der Waals surface area contributed by atoms with Crippen molar-refractivity contribution in [3.05, 3.63) is 35.8 Å². The van der Waals surface area contributed by atoms with Crippen LogP contribution in [0.25, 0.3) is 11.0 Å². The Hall–Kier alpha value is -1.46. The van der Waals surface area contributed by atoms with Gasteiger partial charge in [0.25, 0.3) is 0 Å². The molecule has 1 aliphatic rings. The van der Waals surface area contributed by atoms with Gasteiger partial charge in [0.2, 0.25) is 0 Å². The van der Waals surface area contributed by atoms with Gasteiger partial charge in [-0.25, -0.2) is 8.78 Å². The van der Waals surface area contributed by atoms with Crippen molar-refractivity contribution >= 4 is 11.0 Å². The molecule has 1 aromatic heterocycles. The maximum absolute atomic E-state index is 14.9. The molecule has 0 radical (unpaired) electrons. The predicted molar refractivity (Wildman–Crippen MR) is 71.9 cm³/mol. The molecule has 1 fully saturated rings. The number of alkyl halides is 1. The number of nitrogens with one attached hydrogen (secondary N) is 1. The number of ether oxygens (including phenoxy) is 1. The minimum atomic E-state index is -1.66. The molecule has 0 saturated carbocycles. The van der Waals surface area contributed by atoms with Crippen LogP contribution in [-0.4, -0.2) is 25.8 Å². The van der Waals surface area contributed by atoms with Gasteiger partial charge in [-0.2, -0.15) is 0 Å². The van der Waals surface area contributed by atoms with Crippen LogP contribution in [0.15, 0.2) is 28.7 Å². The highest BCUT2D eigenvalue weighted by atomic mass is 19.1. The first-order valence-corrected chi connectivity index (χ1v) is 6.75. The molecule has 2 unspecified atom stereocenters. The Morgan fingerprint density at radius 1 is 1.45 bits per heavy atom. The number of benzene rings is 1. The molecular weight excluding hydrogens is 264 g/mol. The van der Waals surface area contributed by atoms with Gasteiger partial charge in [-0.1, -0.05) is 12.1 Å². The molecule has 0 spiro atoms. The van der Waals surface area contributed by atoms with Gasteiger partial charge in [0.05, 0.1) is 13.2 Å².